The number of nitrogens with one attached hydrogen (secondary N) is 2. The maximum absolute atomic E-state index is 11.9. The Bertz CT molecular complexity index is 555. The number of amides is 1. The summed E-state index contributed by atoms with van der Waals surface area (Å²) in [6.07, 6.45) is 0.788. The number of hydrogen-bond acceptors (Lipinski definition) is 3. The smallest absolute Gasteiger partial charge is 0.276 e. The van der Waals surface area contributed by atoms with Gasteiger partial charge < -0.3 is 10.4 Å². The number of hydrogen-bond donors (Lipinski definition) is 3. The molecule has 0 atom stereocenters. The number of H-pyrrole nitrogens is 1. The van der Waals surface area contributed by atoms with Crippen LogP contribution in [-0.4, -0.2) is 21.2 Å². The fourth-order valence-electron chi connectivity index (χ4n) is 1.65. The Hall–Kier alpha value is -2.30. The number of aromatic nitrogens is 2. The van der Waals surface area contributed by atoms with Gasteiger partial charge in [0.2, 0.25) is 0 Å². The van der Waals surface area contributed by atoms with Crippen LogP contribution in [0.25, 0.3) is 0 Å². The Morgan fingerprint density at radius 1 is 1.50 bits per heavy atom. The second kappa shape index (κ2) is 4.91. The SMILES string of the molecule is CCc1cc(C(=O)Nc2c(C)cccc2O)n[nH]1. The second-order valence-electron chi connectivity index (χ2n) is 4.06. The molecule has 0 unspecified atom stereocenters. The minimum absolute atomic E-state index is 0.0506. The Labute approximate surface area is 105 Å². The van der Waals surface area contributed by atoms with Crippen LogP contribution in [0.2, 0.25) is 0 Å². The van der Waals surface area contributed by atoms with Crippen LogP contribution in [0.15, 0.2) is 24.3 Å². The van der Waals surface area contributed by atoms with Crippen molar-refractivity contribution in [2.75, 3.05) is 5.32 Å². The van der Waals surface area contributed by atoms with E-state index in [0.29, 0.717) is 11.4 Å². The Kier molecular flexibility index (Phi) is 3.32. The molecule has 1 aromatic heterocycles. The van der Waals surface area contributed by atoms with Crippen molar-refractivity contribution in [1.29, 1.82) is 0 Å². The minimum Gasteiger partial charge on any atom is -0.506 e. The van der Waals surface area contributed by atoms with Gasteiger partial charge in [0.1, 0.15) is 5.75 Å². The summed E-state index contributed by atoms with van der Waals surface area (Å²) in [6.45, 7) is 3.79. The second-order valence-corrected chi connectivity index (χ2v) is 4.06. The van der Waals surface area contributed by atoms with Crippen LogP contribution in [0.3, 0.4) is 0 Å². The third-order valence-corrected chi connectivity index (χ3v) is 2.73. The first kappa shape index (κ1) is 12.2. The lowest BCUT2D eigenvalue weighted by molar-refractivity contribution is 0.102. The molecule has 3 N–H and O–H groups in total. The van der Waals surface area contributed by atoms with Crippen molar-refractivity contribution in [1.82, 2.24) is 10.2 Å². The molecule has 0 aliphatic heterocycles. The number of phenolic OH excluding ortho intramolecular Hbond substituents is 1. The molecule has 5 heteroatoms. The highest BCUT2D eigenvalue weighted by atomic mass is 16.3. The molecule has 0 radical (unpaired) electrons. The van der Waals surface area contributed by atoms with Gasteiger partial charge in [-0.1, -0.05) is 19.1 Å². The minimum atomic E-state index is -0.337. The average molecular weight is 245 g/mol. The fourth-order valence-corrected chi connectivity index (χ4v) is 1.65. The van der Waals surface area contributed by atoms with Gasteiger partial charge >= 0.3 is 0 Å². The number of nitrogens with zero attached hydrogens (tertiary/aromatic N) is 1. The van der Waals surface area contributed by atoms with Crippen LogP contribution < -0.4 is 5.32 Å². The van der Waals surface area contributed by atoms with Crippen molar-refractivity contribution in [3.63, 3.8) is 0 Å². The van der Waals surface area contributed by atoms with Crippen LogP contribution in [0, 0.1) is 6.92 Å². The zero-order valence-electron chi connectivity index (χ0n) is 10.3. The molecule has 94 valence electrons. The van der Waals surface area contributed by atoms with Crippen LogP contribution in [0.1, 0.15) is 28.7 Å². The summed E-state index contributed by atoms with van der Waals surface area (Å²) in [5.74, 6) is -0.287. The highest BCUT2D eigenvalue weighted by Crippen LogP contribution is 2.26. The average Bonchev–Trinajstić information content (AvgIpc) is 2.82. The van der Waals surface area contributed by atoms with E-state index in [4.69, 9.17) is 0 Å². The van der Waals surface area contributed by atoms with Crippen LogP contribution in [0.4, 0.5) is 5.69 Å². The molecular weight excluding hydrogens is 230 g/mol. The molecule has 1 aromatic carbocycles. The summed E-state index contributed by atoms with van der Waals surface area (Å²) < 4.78 is 0. The van der Waals surface area contributed by atoms with Gasteiger partial charge in [-0.2, -0.15) is 5.10 Å². The molecule has 2 rings (SSSR count). The van der Waals surface area contributed by atoms with Crippen LogP contribution in [-0.2, 0) is 6.42 Å². The number of aryl methyl sites for hydroxylation is 2. The maximum Gasteiger partial charge on any atom is 0.276 e. The molecule has 1 amide bonds. The van der Waals surface area contributed by atoms with Gasteiger partial charge in [0, 0.05) is 5.69 Å². The maximum atomic E-state index is 11.9. The van der Waals surface area contributed by atoms with E-state index in [1.165, 1.54) is 6.07 Å². The number of carbonyl (C=O) groups is 1. The summed E-state index contributed by atoms with van der Waals surface area (Å²) >= 11 is 0. The summed E-state index contributed by atoms with van der Waals surface area (Å²) in [5, 5.41) is 19.1. The van der Waals surface area contributed by atoms with E-state index in [1.807, 2.05) is 19.9 Å². The molecule has 2 aromatic rings. The predicted molar refractivity (Wildman–Crippen MR) is 68.8 cm³/mol. The lowest BCUT2D eigenvalue weighted by Crippen LogP contribution is -2.13. The quantitative estimate of drug-likeness (QED) is 0.726. The standard InChI is InChI=1S/C13H15N3O2/c1-3-9-7-10(16-15-9)13(18)14-12-8(2)5-4-6-11(12)17/h4-7,17H,3H2,1-2H3,(H,14,18)(H,15,16). The first-order valence-corrected chi connectivity index (χ1v) is 5.76. The van der Waals surface area contributed by atoms with Gasteiger partial charge in [-0.05, 0) is 31.0 Å². The molecule has 5 nitrogen and oxygen atoms in total. The van der Waals surface area contributed by atoms with E-state index in [-0.39, 0.29) is 11.7 Å². The highest BCUT2D eigenvalue weighted by molar-refractivity contribution is 6.04. The zero-order valence-corrected chi connectivity index (χ0v) is 10.3. The third-order valence-electron chi connectivity index (χ3n) is 2.73. The number of carbonyl (C=O) groups excluding carboxylic acids is 1. The number of phenols is 1. The molecule has 0 aliphatic carbocycles. The molecule has 0 spiro atoms. The van der Waals surface area contributed by atoms with E-state index in [0.717, 1.165) is 17.7 Å². The highest BCUT2D eigenvalue weighted by Gasteiger charge is 2.13. The van der Waals surface area contributed by atoms with Gasteiger partial charge in [-0.15, -0.1) is 0 Å². The summed E-state index contributed by atoms with van der Waals surface area (Å²) in [7, 11) is 0. The largest absolute Gasteiger partial charge is 0.506 e. The molecule has 0 saturated heterocycles. The van der Waals surface area contributed by atoms with Crippen molar-refractivity contribution < 1.29 is 9.90 Å². The van der Waals surface area contributed by atoms with Crippen LogP contribution >= 0.6 is 0 Å². The number of aromatic amines is 1. The molecule has 0 saturated carbocycles. The lowest BCUT2D eigenvalue weighted by atomic mass is 10.2. The summed E-state index contributed by atoms with van der Waals surface area (Å²) in [5.41, 5.74) is 2.43. The molecule has 1 heterocycles. The van der Waals surface area contributed by atoms with Crippen molar-refractivity contribution in [3.8, 4) is 5.75 Å². The molecule has 18 heavy (non-hydrogen) atoms. The fraction of sp³-hybridized carbons (Fsp3) is 0.231. The van der Waals surface area contributed by atoms with E-state index in [9.17, 15) is 9.90 Å². The summed E-state index contributed by atoms with van der Waals surface area (Å²) in [4.78, 5) is 11.9. The topological polar surface area (TPSA) is 78.0 Å². The van der Waals surface area contributed by atoms with Crippen molar-refractivity contribution in [2.24, 2.45) is 0 Å². The normalized spacial score (nSPS) is 10.3. The van der Waals surface area contributed by atoms with Crippen LogP contribution in [0.5, 0.6) is 5.75 Å². The first-order valence-electron chi connectivity index (χ1n) is 5.76. The van der Waals surface area contributed by atoms with E-state index in [2.05, 4.69) is 15.5 Å². The zero-order chi connectivity index (χ0) is 13.1. The van der Waals surface area contributed by atoms with Crippen molar-refractivity contribution >= 4 is 11.6 Å². The Morgan fingerprint density at radius 3 is 2.89 bits per heavy atom. The monoisotopic (exact) mass is 245 g/mol. The Morgan fingerprint density at radius 2 is 2.28 bits per heavy atom. The number of aromatic hydroxyl groups is 1. The first-order chi connectivity index (χ1) is 8.61. The van der Waals surface area contributed by atoms with Crippen molar-refractivity contribution in [3.05, 3.63) is 41.2 Å². The Balaban J connectivity index is 2.21. The number of anilines is 1. The van der Waals surface area contributed by atoms with Gasteiger partial charge in [-0.25, -0.2) is 0 Å². The number of rotatable bonds is 3. The van der Waals surface area contributed by atoms with Gasteiger partial charge in [0.15, 0.2) is 5.69 Å². The molecule has 0 fully saturated rings. The van der Waals surface area contributed by atoms with Gasteiger partial charge in [-0.3, -0.25) is 9.89 Å². The number of benzene rings is 1. The van der Waals surface area contributed by atoms with Gasteiger partial charge in [0.05, 0.1) is 5.69 Å². The summed E-state index contributed by atoms with van der Waals surface area (Å²) in [6, 6.07) is 6.77. The molecule has 0 bridgehead atoms. The van der Waals surface area contributed by atoms with E-state index in [1.54, 1.807) is 12.1 Å². The van der Waals surface area contributed by atoms with E-state index >= 15 is 0 Å². The number of para-hydroxylation sites is 1. The lowest BCUT2D eigenvalue weighted by Gasteiger charge is -2.08. The predicted octanol–water partition coefficient (Wildman–Crippen LogP) is 2.24. The molecule has 0 aliphatic rings. The van der Waals surface area contributed by atoms with E-state index < -0.39 is 0 Å². The third kappa shape index (κ3) is 2.34. The van der Waals surface area contributed by atoms with Crippen molar-refractivity contribution in [2.45, 2.75) is 20.3 Å². The van der Waals surface area contributed by atoms with Gasteiger partial charge in [0.25, 0.3) is 5.91 Å². The molecular formula is C13H15N3O2.